The van der Waals surface area contributed by atoms with Gasteiger partial charge in [0.15, 0.2) is 5.11 Å². The molecule has 0 unspecified atom stereocenters. The quantitative estimate of drug-likeness (QED) is 0.285. The van der Waals surface area contributed by atoms with Crippen LogP contribution in [-0.4, -0.2) is 32.6 Å². The first-order valence-electron chi connectivity index (χ1n) is 10.9. The molecule has 0 aliphatic carbocycles. The second-order valence-electron chi connectivity index (χ2n) is 8.47. The first-order chi connectivity index (χ1) is 17.3. The van der Waals surface area contributed by atoms with Crippen LogP contribution in [0, 0.1) is 20.8 Å². The van der Waals surface area contributed by atoms with Crippen LogP contribution in [0.3, 0.4) is 0 Å². The highest BCUT2D eigenvalue weighted by Gasteiger charge is 2.37. The minimum Gasteiger partial charge on any atom is -0.478 e. The van der Waals surface area contributed by atoms with Gasteiger partial charge in [0.2, 0.25) is 0 Å². The third kappa shape index (κ3) is 4.77. The van der Waals surface area contributed by atoms with E-state index >= 15 is 0 Å². The average molecular weight is 528 g/mol. The summed E-state index contributed by atoms with van der Waals surface area (Å²) in [6.07, 6.45) is -3.27. The summed E-state index contributed by atoms with van der Waals surface area (Å²) in [5.74, 6) is -2.68. The Labute approximate surface area is 214 Å². The Balaban J connectivity index is 1.76. The Morgan fingerprint density at radius 1 is 1.05 bits per heavy atom. The summed E-state index contributed by atoms with van der Waals surface area (Å²) in [5, 5.41) is 11.3. The van der Waals surface area contributed by atoms with Crippen molar-refractivity contribution < 1.29 is 32.7 Å². The molecule has 0 saturated carbocycles. The summed E-state index contributed by atoms with van der Waals surface area (Å²) in [6, 6.07) is 10.5. The third-order valence-corrected chi connectivity index (χ3v) is 6.27. The largest absolute Gasteiger partial charge is 0.478 e. The average Bonchev–Trinajstić information content (AvgIpc) is 3.08. The number of hydrogen-bond donors (Lipinski definition) is 2. The van der Waals surface area contributed by atoms with Crippen molar-refractivity contribution in [3.8, 4) is 5.69 Å². The third-order valence-electron chi connectivity index (χ3n) is 5.99. The summed E-state index contributed by atoms with van der Waals surface area (Å²) in [4.78, 5) is 38.1. The molecule has 37 heavy (non-hydrogen) atoms. The number of hydrogen-bond acceptors (Lipinski definition) is 4. The number of rotatable bonds is 4. The van der Waals surface area contributed by atoms with Gasteiger partial charge in [-0.25, -0.2) is 4.79 Å². The number of thiocarbonyl (C=S) groups is 1. The van der Waals surface area contributed by atoms with Crippen molar-refractivity contribution >= 4 is 46.9 Å². The first-order valence-corrected chi connectivity index (χ1v) is 11.3. The molecule has 3 aromatic rings. The van der Waals surface area contributed by atoms with Crippen LogP contribution in [0.4, 0.5) is 18.9 Å². The molecule has 190 valence electrons. The van der Waals surface area contributed by atoms with E-state index in [0.717, 1.165) is 34.5 Å². The second-order valence-corrected chi connectivity index (χ2v) is 8.86. The normalized spacial score (nSPS) is 15.4. The number of carbonyl (C=O) groups is 3. The molecular weight excluding hydrogens is 507 g/mol. The molecule has 1 fully saturated rings. The van der Waals surface area contributed by atoms with Gasteiger partial charge in [-0.1, -0.05) is 6.07 Å². The summed E-state index contributed by atoms with van der Waals surface area (Å²) in [6.45, 7) is 5.35. The zero-order chi connectivity index (χ0) is 27.2. The lowest BCUT2D eigenvalue weighted by Gasteiger charge is -2.29. The van der Waals surface area contributed by atoms with Crippen LogP contribution in [0.25, 0.3) is 11.8 Å². The number of nitrogens with zero attached hydrogens (tertiary/aromatic N) is 2. The summed E-state index contributed by atoms with van der Waals surface area (Å²) in [7, 11) is 0. The standard InChI is InChI=1S/C26H20F3N3O4S/c1-13-9-16(24(35)36)7-8-21(13)31-14(2)10-17(15(31)3)11-20-22(33)30-25(37)32(23(20)34)19-6-4-5-18(12-19)26(27,28)29/h4-12H,1-3H3,(H,35,36)(H,30,33,37)/b20-11+. The Morgan fingerprint density at radius 3 is 2.38 bits per heavy atom. The van der Waals surface area contributed by atoms with E-state index in [0.29, 0.717) is 16.8 Å². The molecular formula is C26H20F3N3O4S. The Morgan fingerprint density at radius 2 is 1.76 bits per heavy atom. The van der Waals surface area contributed by atoms with E-state index in [2.05, 4.69) is 5.32 Å². The lowest BCUT2D eigenvalue weighted by Crippen LogP contribution is -2.54. The van der Waals surface area contributed by atoms with Crippen molar-refractivity contribution in [2.24, 2.45) is 0 Å². The van der Waals surface area contributed by atoms with Gasteiger partial charge in [-0.05, 0) is 92.7 Å². The van der Waals surface area contributed by atoms with Gasteiger partial charge in [0.1, 0.15) is 5.57 Å². The van der Waals surface area contributed by atoms with Crippen molar-refractivity contribution in [2.45, 2.75) is 26.9 Å². The minimum atomic E-state index is -4.63. The molecule has 1 aliphatic rings. The van der Waals surface area contributed by atoms with Crippen LogP contribution >= 0.6 is 12.2 Å². The highest BCUT2D eigenvalue weighted by Crippen LogP contribution is 2.33. The van der Waals surface area contributed by atoms with E-state index in [-0.39, 0.29) is 21.9 Å². The van der Waals surface area contributed by atoms with E-state index < -0.39 is 29.5 Å². The fraction of sp³-hybridized carbons (Fsp3) is 0.154. The van der Waals surface area contributed by atoms with Gasteiger partial charge in [-0.3, -0.25) is 19.8 Å². The molecule has 1 saturated heterocycles. The predicted molar refractivity (Wildman–Crippen MR) is 135 cm³/mol. The van der Waals surface area contributed by atoms with E-state index in [9.17, 15) is 32.7 Å². The van der Waals surface area contributed by atoms with Crippen LogP contribution in [0.5, 0.6) is 0 Å². The smallest absolute Gasteiger partial charge is 0.416 e. The summed E-state index contributed by atoms with van der Waals surface area (Å²) < 4.78 is 41.5. The molecule has 2 N–H and O–H groups in total. The van der Waals surface area contributed by atoms with E-state index in [1.807, 2.05) is 11.5 Å². The number of carboxylic acids is 1. The van der Waals surface area contributed by atoms with Crippen LogP contribution in [0.1, 0.15) is 38.4 Å². The Hall–Kier alpha value is -4.25. The van der Waals surface area contributed by atoms with Gasteiger partial charge in [-0.2, -0.15) is 13.2 Å². The number of carboxylic acid groups (broad SMARTS) is 1. The Bertz CT molecular complexity index is 1520. The fourth-order valence-corrected chi connectivity index (χ4v) is 4.49. The topological polar surface area (TPSA) is 91.6 Å². The molecule has 11 heteroatoms. The van der Waals surface area contributed by atoms with Gasteiger partial charge < -0.3 is 9.67 Å². The molecule has 1 aromatic heterocycles. The maximum Gasteiger partial charge on any atom is 0.416 e. The van der Waals surface area contributed by atoms with Crippen LogP contribution < -0.4 is 10.2 Å². The van der Waals surface area contributed by atoms with Crippen molar-refractivity contribution in [1.29, 1.82) is 0 Å². The lowest BCUT2D eigenvalue weighted by atomic mass is 10.1. The number of amides is 2. The number of carbonyl (C=O) groups excluding carboxylic acids is 2. The van der Waals surface area contributed by atoms with Crippen molar-refractivity contribution in [2.75, 3.05) is 4.90 Å². The van der Waals surface area contributed by atoms with Gasteiger partial charge in [0.05, 0.1) is 16.8 Å². The minimum absolute atomic E-state index is 0.129. The fourth-order valence-electron chi connectivity index (χ4n) is 4.21. The summed E-state index contributed by atoms with van der Waals surface area (Å²) >= 11 is 5.09. The van der Waals surface area contributed by atoms with E-state index in [1.165, 1.54) is 18.2 Å². The molecule has 2 aromatic carbocycles. The number of benzene rings is 2. The number of halogens is 3. The van der Waals surface area contributed by atoms with E-state index in [1.54, 1.807) is 32.0 Å². The maximum absolute atomic E-state index is 13.3. The second kappa shape index (κ2) is 9.32. The van der Waals surface area contributed by atoms with Gasteiger partial charge in [0.25, 0.3) is 11.8 Å². The van der Waals surface area contributed by atoms with Crippen molar-refractivity contribution in [3.05, 3.63) is 87.7 Å². The van der Waals surface area contributed by atoms with Crippen LogP contribution in [0.15, 0.2) is 54.1 Å². The van der Waals surface area contributed by atoms with Crippen LogP contribution in [0.2, 0.25) is 0 Å². The molecule has 4 rings (SSSR count). The number of aryl methyl sites for hydroxylation is 2. The molecule has 0 radical (unpaired) electrons. The zero-order valence-electron chi connectivity index (χ0n) is 19.8. The molecule has 1 aliphatic heterocycles. The molecule has 7 nitrogen and oxygen atoms in total. The molecule has 0 bridgehead atoms. The predicted octanol–water partition coefficient (Wildman–Crippen LogP) is 4.95. The SMILES string of the molecule is Cc1cc(C(=O)O)ccc1-n1c(C)cc(/C=C2\C(=O)NC(=S)N(c3cccc(C(F)(F)F)c3)C2=O)c1C. The van der Waals surface area contributed by atoms with Crippen molar-refractivity contribution in [1.82, 2.24) is 9.88 Å². The number of aromatic nitrogens is 1. The molecule has 0 spiro atoms. The number of alkyl halides is 3. The maximum atomic E-state index is 13.3. The highest BCUT2D eigenvalue weighted by atomic mass is 32.1. The van der Waals surface area contributed by atoms with Crippen molar-refractivity contribution in [3.63, 3.8) is 0 Å². The number of nitrogens with one attached hydrogen (secondary N) is 1. The zero-order valence-corrected chi connectivity index (χ0v) is 20.6. The molecule has 2 heterocycles. The molecule has 0 atom stereocenters. The van der Waals surface area contributed by atoms with Crippen LogP contribution in [-0.2, 0) is 15.8 Å². The monoisotopic (exact) mass is 527 g/mol. The highest BCUT2D eigenvalue weighted by molar-refractivity contribution is 7.80. The molecule has 2 amide bonds. The number of aromatic carboxylic acids is 1. The van der Waals surface area contributed by atoms with Gasteiger partial charge in [0, 0.05) is 17.1 Å². The van der Waals surface area contributed by atoms with Gasteiger partial charge in [-0.15, -0.1) is 0 Å². The Kier molecular flexibility index (Phi) is 6.51. The lowest BCUT2D eigenvalue weighted by molar-refractivity contribution is -0.137. The first kappa shape index (κ1) is 25.8. The van der Waals surface area contributed by atoms with E-state index in [4.69, 9.17) is 12.2 Å². The van der Waals surface area contributed by atoms with Gasteiger partial charge >= 0.3 is 12.1 Å². The summed E-state index contributed by atoms with van der Waals surface area (Å²) in [5.41, 5.74) is 2.11. The number of anilines is 1.